The first-order valence-electron chi connectivity index (χ1n) is 9.22. The van der Waals surface area contributed by atoms with Crippen LogP contribution in [0.5, 0.6) is 0 Å². The van der Waals surface area contributed by atoms with Gasteiger partial charge in [0.2, 0.25) is 0 Å². The summed E-state index contributed by atoms with van der Waals surface area (Å²) in [6, 6.07) is 7.24. The molecule has 0 saturated carbocycles. The molecule has 0 spiro atoms. The number of hydrogen-bond acceptors (Lipinski definition) is 3. The average Bonchev–Trinajstić information content (AvgIpc) is 2.63. The minimum atomic E-state index is -0.537. The second kappa shape index (κ2) is 7.92. The van der Waals surface area contributed by atoms with E-state index in [4.69, 9.17) is 16.3 Å². The Morgan fingerprint density at radius 3 is 2.79 bits per heavy atom. The van der Waals surface area contributed by atoms with E-state index in [1.165, 1.54) is 6.08 Å². The summed E-state index contributed by atoms with van der Waals surface area (Å²) in [5.74, 6) is -0.440. The lowest BCUT2D eigenvalue weighted by Crippen LogP contribution is -2.40. The van der Waals surface area contributed by atoms with Crippen LogP contribution in [0, 0.1) is 6.92 Å². The van der Waals surface area contributed by atoms with Crippen LogP contribution < -0.4 is 0 Å². The molecule has 148 valence electrons. The van der Waals surface area contributed by atoms with Crippen molar-refractivity contribution in [2.45, 2.75) is 46.3 Å². The molecule has 28 heavy (non-hydrogen) atoms. The van der Waals surface area contributed by atoms with Gasteiger partial charge in [0, 0.05) is 12.7 Å². The molecule has 0 unspecified atom stereocenters. The normalized spacial score (nSPS) is 14.6. The summed E-state index contributed by atoms with van der Waals surface area (Å²) in [6.07, 6.45) is 3.32. The Balaban J connectivity index is 1.79. The van der Waals surface area contributed by atoms with Crippen molar-refractivity contribution in [1.82, 2.24) is 9.88 Å². The maximum absolute atomic E-state index is 14.7. The number of halogens is 2. The van der Waals surface area contributed by atoms with E-state index in [-0.39, 0.29) is 11.8 Å². The number of ether oxygens (including phenoxy) is 1. The lowest BCUT2D eigenvalue weighted by atomic mass is 10.0. The number of fused-ring (bicyclic) bond motifs is 1. The number of rotatable bonds is 2. The average molecular weight is 403 g/mol. The predicted molar refractivity (Wildman–Crippen MR) is 110 cm³/mol. The zero-order valence-electron chi connectivity index (χ0n) is 16.6. The highest BCUT2D eigenvalue weighted by atomic mass is 35.5. The molecule has 0 saturated heterocycles. The van der Waals surface area contributed by atoms with E-state index >= 15 is 0 Å². The Hall–Kier alpha value is -2.40. The van der Waals surface area contributed by atoms with Crippen LogP contribution in [-0.2, 0) is 17.7 Å². The molecule has 1 aliphatic heterocycles. The molecular formula is C22H24ClFN2O2. The summed E-state index contributed by atoms with van der Waals surface area (Å²) in [5, 5.41) is 0.531. The minimum absolute atomic E-state index is 0.266. The topological polar surface area (TPSA) is 42.4 Å². The Kier molecular flexibility index (Phi) is 5.75. The Labute approximate surface area is 170 Å². The molecule has 2 aromatic rings. The molecule has 1 amide bonds. The minimum Gasteiger partial charge on any atom is -0.444 e. The third kappa shape index (κ3) is 4.71. The number of hydrogen-bond donors (Lipinski definition) is 0. The van der Waals surface area contributed by atoms with Gasteiger partial charge in [-0.3, -0.25) is 4.98 Å². The molecule has 0 radical (unpaired) electrons. The molecule has 4 nitrogen and oxygen atoms in total. The smallest absolute Gasteiger partial charge is 0.410 e. The second-order valence-electron chi connectivity index (χ2n) is 7.96. The molecule has 0 aliphatic carbocycles. The number of pyridine rings is 1. The zero-order chi connectivity index (χ0) is 20.5. The van der Waals surface area contributed by atoms with Crippen LogP contribution >= 0.6 is 11.6 Å². The number of benzene rings is 1. The van der Waals surface area contributed by atoms with Gasteiger partial charge in [-0.05, 0) is 68.5 Å². The molecule has 2 heterocycles. The van der Waals surface area contributed by atoms with Gasteiger partial charge in [-0.15, -0.1) is 0 Å². The lowest BCUT2D eigenvalue weighted by molar-refractivity contribution is 0.0223. The van der Waals surface area contributed by atoms with Crippen molar-refractivity contribution in [2.75, 3.05) is 6.54 Å². The fraction of sp³-hybridized carbons (Fsp3) is 0.364. The largest absolute Gasteiger partial charge is 0.444 e. The van der Waals surface area contributed by atoms with Crippen molar-refractivity contribution in [3.8, 4) is 0 Å². The fourth-order valence-corrected chi connectivity index (χ4v) is 3.23. The number of carbonyl (C=O) groups excluding carboxylic acids is 1. The van der Waals surface area contributed by atoms with Crippen LogP contribution in [0.1, 0.15) is 48.7 Å². The number of nitrogens with zero attached hydrogens (tertiary/aromatic N) is 2. The summed E-state index contributed by atoms with van der Waals surface area (Å²) < 4.78 is 20.2. The Morgan fingerprint density at radius 1 is 1.32 bits per heavy atom. The standard InChI is InChI=1S/C22H24ClFN2O2/c1-14-6-5-7-16(20(14)23)10-18(24)19-11-15-8-9-26(13-17(15)12-25-19)21(27)28-22(2,3)4/h5-7,10-12H,8-9,13H2,1-4H3/b18-10-. The third-order valence-corrected chi connectivity index (χ3v) is 5.01. The van der Waals surface area contributed by atoms with Gasteiger partial charge in [0.05, 0.1) is 17.3 Å². The molecule has 1 aliphatic rings. The first-order valence-corrected chi connectivity index (χ1v) is 9.60. The van der Waals surface area contributed by atoms with Gasteiger partial charge in [0.25, 0.3) is 0 Å². The second-order valence-corrected chi connectivity index (χ2v) is 8.34. The van der Waals surface area contributed by atoms with Crippen molar-refractivity contribution in [1.29, 1.82) is 0 Å². The van der Waals surface area contributed by atoms with E-state index in [1.54, 1.807) is 23.2 Å². The molecular weight excluding hydrogens is 379 g/mol. The molecule has 6 heteroatoms. The molecule has 3 rings (SSSR count). The zero-order valence-corrected chi connectivity index (χ0v) is 17.3. The molecule has 1 aromatic carbocycles. The Morgan fingerprint density at radius 2 is 2.07 bits per heavy atom. The van der Waals surface area contributed by atoms with Gasteiger partial charge in [0.1, 0.15) is 11.4 Å². The van der Waals surface area contributed by atoms with E-state index in [0.29, 0.717) is 30.1 Å². The van der Waals surface area contributed by atoms with Crippen LogP contribution in [0.25, 0.3) is 11.9 Å². The van der Waals surface area contributed by atoms with Crippen molar-refractivity contribution >= 4 is 29.6 Å². The van der Waals surface area contributed by atoms with Crippen LogP contribution in [0.2, 0.25) is 5.02 Å². The summed E-state index contributed by atoms with van der Waals surface area (Å²) in [5.41, 5.74) is 3.14. The van der Waals surface area contributed by atoms with Gasteiger partial charge >= 0.3 is 6.09 Å². The van der Waals surface area contributed by atoms with E-state index in [9.17, 15) is 9.18 Å². The summed E-state index contributed by atoms with van der Waals surface area (Å²) in [4.78, 5) is 18.2. The molecule has 0 bridgehead atoms. The number of aromatic nitrogens is 1. The summed E-state index contributed by atoms with van der Waals surface area (Å²) in [7, 11) is 0. The quantitative estimate of drug-likeness (QED) is 0.637. The highest BCUT2D eigenvalue weighted by Gasteiger charge is 2.26. The molecule has 0 atom stereocenters. The van der Waals surface area contributed by atoms with Crippen molar-refractivity contribution < 1.29 is 13.9 Å². The maximum Gasteiger partial charge on any atom is 0.410 e. The van der Waals surface area contributed by atoms with E-state index in [0.717, 1.165) is 16.7 Å². The number of amides is 1. The van der Waals surface area contributed by atoms with Gasteiger partial charge < -0.3 is 9.64 Å². The van der Waals surface area contributed by atoms with Gasteiger partial charge in [0.15, 0.2) is 0 Å². The van der Waals surface area contributed by atoms with Gasteiger partial charge in [-0.25, -0.2) is 9.18 Å². The van der Waals surface area contributed by atoms with Crippen LogP contribution in [0.4, 0.5) is 9.18 Å². The number of carbonyl (C=O) groups is 1. The first-order chi connectivity index (χ1) is 13.1. The maximum atomic E-state index is 14.7. The molecule has 0 fully saturated rings. The van der Waals surface area contributed by atoms with E-state index < -0.39 is 11.4 Å². The summed E-state index contributed by atoms with van der Waals surface area (Å²) in [6.45, 7) is 8.34. The lowest BCUT2D eigenvalue weighted by Gasteiger charge is -2.31. The van der Waals surface area contributed by atoms with Crippen molar-refractivity contribution in [3.05, 3.63) is 63.4 Å². The third-order valence-electron chi connectivity index (χ3n) is 4.50. The van der Waals surface area contributed by atoms with Gasteiger partial charge in [-0.1, -0.05) is 29.8 Å². The number of aryl methyl sites for hydroxylation is 1. The van der Waals surface area contributed by atoms with Crippen molar-refractivity contribution in [2.24, 2.45) is 0 Å². The summed E-state index contributed by atoms with van der Waals surface area (Å²) >= 11 is 6.25. The van der Waals surface area contributed by atoms with Gasteiger partial charge in [-0.2, -0.15) is 0 Å². The van der Waals surface area contributed by atoms with E-state index in [2.05, 4.69) is 4.98 Å². The Bertz CT molecular complexity index is 935. The highest BCUT2D eigenvalue weighted by molar-refractivity contribution is 6.33. The fourth-order valence-electron chi connectivity index (χ4n) is 3.05. The highest BCUT2D eigenvalue weighted by Crippen LogP contribution is 2.28. The van der Waals surface area contributed by atoms with Crippen molar-refractivity contribution in [3.63, 3.8) is 0 Å². The van der Waals surface area contributed by atoms with Crippen LogP contribution in [0.15, 0.2) is 30.5 Å². The van der Waals surface area contributed by atoms with Crippen LogP contribution in [0.3, 0.4) is 0 Å². The van der Waals surface area contributed by atoms with E-state index in [1.807, 2.05) is 39.8 Å². The SMILES string of the molecule is Cc1cccc(/C=C(\F)c2cc3c(cn2)CN(C(=O)OC(C)(C)C)CC3)c1Cl. The first kappa shape index (κ1) is 20.3. The van der Waals surface area contributed by atoms with Crippen LogP contribution in [-0.4, -0.2) is 28.1 Å². The monoisotopic (exact) mass is 402 g/mol. The predicted octanol–water partition coefficient (Wildman–Crippen LogP) is 5.80. The molecule has 1 aromatic heterocycles. The molecule has 0 N–H and O–H groups in total.